The smallest absolute Gasteiger partial charge is 0.228 e. The Morgan fingerprint density at radius 2 is 2.29 bits per heavy atom. The molecule has 0 aliphatic carbocycles. The summed E-state index contributed by atoms with van der Waals surface area (Å²) in [6.45, 7) is 0. The third-order valence-electron chi connectivity index (χ3n) is 1.71. The van der Waals surface area contributed by atoms with Gasteiger partial charge in [-0.3, -0.25) is 0 Å². The molecule has 0 radical (unpaired) electrons. The van der Waals surface area contributed by atoms with Crippen LogP contribution in [0, 0.1) is 11.3 Å². The van der Waals surface area contributed by atoms with Crippen LogP contribution in [-0.4, -0.2) is 4.98 Å². The summed E-state index contributed by atoms with van der Waals surface area (Å²) in [6, 6.07) is 7.02. The molecule has 0 N–H and O–H groups in total. The van der Waals surface area contributed by atoms with Crippen molar-refractivity contribution >= 4 is 34.3 Å². The predicted octanol–water partition coefficient (Wildman–Crippen LogP) is 3.28. The summed E-state index contributed by atoms with van der Waals surface area (Å²) in [6.07, 6.45) is 0. The second-order valence-corrected chi connectivity index (χ2v) is 3.48. The lowest BCUT2D eigenvalue weighted by molar-refractivity contribution is 0.543. The summed E-state index contributed by atoms with van der Waals surface area (Å²) in [5.74, 6) is 0.178. The number of alkyl halides is 1. The van der Waals surface area contributed by atoms with Crippen molar-refractivity contribution in [1.29, 1.82) is 5.26 Å². The number of nitriles is 1. The van der Waals surface area contributed by atoms with Crippen LogP contribution in [0.1, 0.15) is 11.3 Å². The molecule has 0 saturated heterocycles. The third kappa shape index (κ3) is 1.43. The predicted molar refractivity (Wildman–Crippen MR) is 53.2 cm³/mol. The quantitative estimate of drug-likeness (QED) is 0.702. The molecule has 1 aromatic heterocycles. The maximum Gasteiger partial charge on any atom is 0.228 e. The molecule has 2 rings (SSSR count). The van der Waals surface area contributed by atoms with Gasteiger partial charge in [-0.2, -0.15) is 5.26 Å². The molecule has 1 unspecified atom stereocenters. The van der Waals surface area contributed by atoms with Crippen LogP contribution in [0.3, 0.4) is 0 Å². The summed E-state index contributed by atoms with van der Waals surface area (Å²) < 4.78 is 5.25. The van der Waals surface area contributed by atoms with Crippen molar-refractivity contribution in [3.8, 4) is 6.07 Å². The number of fused-ring (bicyclic) bond motifs is 1. The van der Waals surface area contributed by atoms with Crippen LogP contribution in [0.5, 0.6) is 0 Å². The molecule has 0 fully saturated rings. The first-order valence-corrected chi connectivity index (χ1v) is 4.62. The first-order chi connectivity index (χ1) is 6.72. The average Bonchev–Trinajstić information content (AvgIpc) is 2.62. The number of hydrogen-bond acceptors (Lipinski definition) is 3. The fourth-order valence-electron chi connectivity index (χ4n) is 1.10. The normalized spacial score (nSPS) is 12.6. The highest BCUT2D eigenvalue weighted by Crippen LogP contribution is 2.28. The van der Waals surface area contributed by atoms with E-state index in [2.05, 4.69) is 4.98 Å². The van der Waals surface area contributed by atoms with Crippen molar-refractivity contribution in [2.24, 2.45) is 0 Å². The second kappa shape index (κ2) is 3.49. The van der Waals surface area contributed by atoms with Crippen LogP contribution >= 0.6 is 23.2 Å². The molecule has 5 heteroatoms. The zero-order chi connectivity index (χ0) is 10.1. The Labute approximate surface area is 89.9 Å². The van der Waals surface area contributed by atoms with Crippen molar-refractivity contribution < 1.29 is 4.42 Å². The summed E-state index contributed by atoms with van der Waals surface area (Å²) in [5.41, 5.74) is 1.07. The van der Waals surface area contributed by atoms with Gasteiger partial charge in [0.25, 0.3) is 0 Å². The second-order valence-electron chi connectivity index (χ2n) is 2.63. The lowest BCUT2D eigenvalue weighted by Crippen LogP contribution is -1.84. The van der Waals surface area contributed by atoms with Crippen molar-refractivity contribution in [1.82, 2.24) is 4.98 Å². The van der Waals surface area contributed by atoms with Crippen molar-refractivity contribution in [3.05, 3.63) is 29.1 Å². The minimum Gasteiger partial charge on any atom is -0.436 e. The summed E-state index contributed by atoms with van der Waals surface area (Å²) >= 11 is 11.5. The number of para-hydroxylation sites is 1. The van der Waals surface area contributed by atoms with Gasteiger partial charge in [0.15, 0.2) is 11.0 Å². The van der Waals surface area contributed by atoms with Gasteiger partial charge in [0.1, 0.15) is 5.52 Å². The molecule has 70 valence electrons. The minimum absolute atomic E-state index is 0.178. The summed E-state index contributed by atoms with van der Waals surface area (Å²) in [4.78, 5) is 4.04. The van der Waals surface area contributed by atoms with Crippen LogP contribution in [0.2, 0.25) is 5.02 Å². The van der Waals surface area contributed by atoms with Crippen LogP contribution in [0.15, 0.2) is 22.6 Å². The largest absolute Gasteiger partial charge is 0.436 e. The lowest BCUT2D eigenvalue weighted by Gasteiger charge is -1.89. The number of halogens is 2. The van der Waals surface area contributed by atoms with E-state index in [0.29, 0.717) is 16.1 Å². The third-order valence-corrected chi connectivity index (χ3v) is 2.30. The Bertz CT molecular complexity index is 515. The Morgan fingerprint density at radius 1 is 1.50 bits per heavy atom. The van der Waals surface area contributed by atoms with Gasteiger partial charge in [-0.15, -0.1) is 0 Å². The molecule has 0 saturated carbocycles. The topological polar surface area (TPSA) is 49.8 Å². The maximum atomic E-state index is 8.57. The molecule has 0 bridgehead atoms. The standard InChI is InChI=1S/C9H4Cl2N2O/c10-5-2-1-3-7-8(5)14-9(13-7)6(11)4-12/h1-3,6H. The number of hydrogen-bond donors (Lipinski definition) is 0. The fourth-order valence-corrected chi connectivity index (χ4v) is 1.40. The summed E-state index contributed by atoms with van der Waals surface area (Å²) in [7, 11) is 0. The van der Waals surface area contributed by atoms with E-state index in [4.69, 9.17) is 32.9 Å². The molecule has 14 heavy (non-hydrogen) atoms. The molecule has 1 aromatic carbocycles. The number of aromatic nitrogens is 1. The molecule has 0 amide bonds. The van der Waals surface area contributed by atoms with Gasteiger partial charge in [-0.05, 0) is 12.1 Å². The van der Waals surface area contributed by atoms with Gasteiger partial charge in [-0.25, -0.2) is 4.98 Å². The van der Waals surface area contributed by atoms with Crippen LogP contribution in [0.25, 0.3) is 11.1 Å². The maximum absolute atomic E-state index is 8.57. The molecule has 2 aromatic rings. The Kier molecular flexibility index (Phi) is 2.32. The molecule has 1 heterocycles. The highest BCUT2D eigenvalue weighted by molar-refractivity contribution is 6.34. The first-order valence-electron chi connectivity index (χ1n) is 3.81. The average molecular weight is 227 g/mol. The zero-order valence-corrected chi connectivity index (χ0v) is 8.38. The fraction of sp³-hybridized carbons (Fsp3) is 0.111. The Morgan fingerprint density at radius 3 is 2.93 bits per heavy atom. The van der Waals surface area contributed by atoms with Gasteiger partial charge in [-0.1, -0.05) is 29.3 Å². The monoisotopic (exact) mass is 226 g/mol. The van der Waals surface area contributed by atoms with Crippen molar-refractivity contribution in [2.75, 3.05) is 0 Å². The van der Waals surface area contributed by atoms with Gasteiger partial charge in [0, 0.05) is 0 Å². The lowest BCUT2D eigenvalue weighted by atomic mass is 10.3. The molecule has 0 spiro atoms. The van der Waals surface area contributed by atoms with E-state index in [9.17, 15) is 0 Å². The Balaban J connectivity index is 2.64. The van der Waals surface area contributed by atoms with Gasteiger partial charge >= 0.3 is 0 Å². The van der Waals surface area contributed by atoms with Gasteiger partial charge in [0.05, 0.1) is 11.1 Å². The molecule has 3 nitrogen and oxygen atoms in total. The van der Waals surface area contributed by atoms with E-state index in [-0.39, 0.29) is 5.89 Å². The van der Waals surface area contributed by atoms with Crippen LogP contribution in [-0.2, 0) is 0 Å². The van der Waals surface area contributed by atoms with Gasteiger partial charge < -0.3 is 4.42 Å². The van der Waals surface area contributed by atoms with E-state index in [1.165, 1.54) is 0 Å². The van der Waals surface area contributed by atoms with E-state index in [1.54, 1.807) is 18.2 Å². The summed E-state index contributed by atoms with van der Waals surface area (Å²) in [5, 5.41) is 8.15. The number of rotatable bonds is 1. The molecular formula is C9H4Cl2N2O. The van der Waals surface area contributed by atoms with Crippen LogP contribution < -0.4 is 0 Å². The highest BCUT2D eigenvalue weighted by atomic mass is 35.5. The van der Waals surface area contributed by atoms with Gasteiger partial charge in [0.2, 0.25) is 5.89 Å². The van der Waals surface area contributed by atoms with Crippen molar-refractivity contribution in [3.63, 3.8) is 0 Å². The Hall–Kier alpha value is -1.24. The van der Waals surface area contributed by atoms with Crippen LogP contribution in [0.4, 0.5) is 0 Å². The number of benzene rings is 1. The first kappa shape index (κ1) is 9.32. The van der Waals surface area contributed by atoms with E-state index >= 15 is 0 Å². The molecule has 0 aliphatic rings. The number of nitrogens with zero attached hydrogens (tertiary/aromatic N) is 2. The molecule has 0 aliphatic heterocycles. The van der Waals surface area contributed by atoms with E-state index in [1.807, 2.05) is 6.07 Å². The number of oxazole rings is 1. The minimum atomic E-state index is -0.876. The van der Waals surface area contributed by atoms with E-state index in [0.717, 1.165) is 0 Å². The highest BCUT2D eigenvalue weighted by Gasteiger charge is 2.15. The zero-order valence-electron chi connectivity index (χ0n) is 6.87. The van der Waals surface area contributed by atoms with E-state index < -0.39 is 5.38 Å². The molecule has 1 atom stereocenters. The van der Waals surface area contributed by atoms with Crippen molar-refractivity contribution in [2.45, 2.75) is 5.38 Å². The SMILES string of the molecule is N#CC(Cl)c1nc2cccc(Cl)c2o1. The molecular weight excluding hydrogens is 223 g/mol.